The third-order valence-electron chi connectivity index (χ3n) is 19.6. The minimum Gasteiger partial charge on any atom is -0.394 e. The van der Waals surface area contributed by atoms with Crippen LogP contribution in [0.25, 0.3) is 0 Å². The summed E-state index contributed by atoms with van der Waals surface area (Å²) in [5, 5.41) is 44.4. The number of carbonyl (C=O) groups is 1. The molecule has 0 aromatic carbocycles. The minimum atomic E-state index is -1.26. The summed E-state index contributed by atoms with van der Waals surface area (Å²) in [6.07, 6.45) is 92.8. The van der Waals surface area contributed by atoms with Crippen LogP contribution in [0.1, 0.15) is 470 Å². The first-order valence-electron chi connectivity index (χ1n) is 39.9. The molecule has 0 aliphatic carbocycles. The van der Waals surface area contributed by atoms with E-state index in [9.17, 15) is 25.2 Å². The Morgan fingerprint density at radius 1 is 0.247 bits per heavy atom. The van der Waals surface area contributed by atoms with Gasteiger partial charge in [0, 0.05) is 0 Å². The van der Waals surface area contributed by atoms with Crippen molar-refractivity contribution < 1.29 is 25.2 Å². The zero-order chi connectivity index (χ0) is 61.5. The molecule has 0 spiro atoms. The van der Waals surface area contributed by atoms with Gasteiger partial charge in [0.15, 0.2) is 0 Å². The van der Waals surface area contributed by atoms with E-state index in [1.165, 1.54) is 405 Å². The second kappa shape index (κ2) is 74.0. The first-order valence-corrected chi connectivity index (χ1v) is 39.9. The molecule has 5 N–H and O–H groups in total. The molecule has 6 heteroatoms. The Hall–Kier alpha value is -0.690. The summed E-state index contributed by atoms with van der Waals surface area (Å²) >= 11 is 0. The predicted octanol–water partition coefficient (Wildman–Crippen LogP) is 25.3. The zero-order valence-electron chi connectivity index (χ0n) is 58.4. The smallest absolute Gasteiger partial charge is 0.249 e. The van der Waals surface area contributed by atoms with E-state index in [1.54, 1.807) is 0 Å². The van der Waals surface area contributed by atoms with Crippen LogP contribution in [0.4, 0.5) is 0 Å². The highest BCUT2D eigenvalue weighted by molar-refractivity contribution is 5.80. The van der Waals surface area contributed by atoms with Crippen molar-refractivity contribution in [3.8, 4) is 0 Å². The lowest BCUT2D eigenvalue weighted by molar-refractivity contribution is -0.132. The molecule has 0 fully saturated rings. The monoisotopic (exact) mass is 1200 g/mol. The van der Waals surface area contributed by atoms with Gasteiger partial charge in [-0.2, -0.15) is 0 Å². The fraction of sp³-hybridized carbons (Fsp3) is 0.987. The van der Waals surface area contributed by atoms with Crippen molar-refractivity contribution in [1.29, 1.82) is 0 Å². The van der Waals surface area contributed by atoms with Gasteiger partial charge in [-0.05, 0) is 12.8 Å². The van der Waals surface area contributed by atoms with Crippen molar-refractivity contribution in [3.63, 3.8) is 0 Å². The Morgan fingerprint density at radius 3 is 0.565 bits per heavy atom. The third-order valence-corrected chi connectivity index (χ3v) is 19.6. The van der Waals surface area contributed by atoms with Gasteiger partial charge < -0.3 is 25.7 Å². The maximum atomic E-state index is 12.7. The van der Waals surface area contributed by atoms with Crippen molar-refractivity contribution >= 4 is 5.91 Å². The minimum absolute atomic E-state index is 0.377. The van der Waals surface area contributed by atoms with Crippen LogP contribution < -0.4 is 5.32 Å². The molecule has 0 aromatic heterocycles. The Morgan fingerprint density at radius 2 is 0.400 bits per heavy atom. The standard InChI is InChI=1S/C79H159NO5/c1-3-5-7-9-11-13-15-17-19-21-23-25-27-29-31-33-35-36-37-38-39-40-41-43-45-47-49-51-53-55-57-59-61-63-65-67-69-71-73-77(83)79(85)80-75(74-81)78(84)76(82)72-70-68-66-64-62-60-58-56-54-52-50-48-46-44-42-34-32-30-28-26-24-22-20-18-16-14-12-10-8-6-4-2/h75-78,81-84H,3-74H2,1-2H3,(H,80,85). The molecule has 0 rings (SSSR count). The van der Waals surface area contributed by atoms with Gasteiger partial charge in [0.2, 0.25) is 5.91 Å². The molecule has 6 nitrogen and oxygen atoms in total. The van der Waals surface area contributed by atoms with Crippen LogP contribution in [0.5, 0.6) is 0 Å². The summed E-state index contributed by atoms with van der Waals surface area (Å²) in [4.78, 5) is 12.7. The van der Waals surface area contributed by atoms with Gasteiger partial charge in [-0.3, -0.25) is 4.79 Å². The van der Waals surface area contributed by atoms with E-state index in [0.29, 0.717) is 12.8 Å². The highest BCUT2D eigenvalue weighted by Gasteiger charge is 2.29. The van der Waals surface area contributed by atoms with Crippen LogP contribution in [0.3, 0.4) is 0 Å². The number of nitrogens with one attached hydrogen (secondary N) is 1. The first kappa shape index (κ1) is 84.3. The van der Waals surface area contributed by atoms with Crippen LogP contribution in [0.2, 0.25) is 0 Å². The molecular weight excluding hydrogens is 1040 g/mol. The molecule has 0 bridgehead atoms. The Kier molecular flexibility index (Phi) is 73.4. The van der Waals surface area contributed by atoms with E-state index < -0.39 is 36.9 Å². The van der Waals surface area contributed by atoms with E-state index in [0.717, 1.165) is 38.5 Å². The molecule has 0 aliphatic heterocycles. The van der Waals surface area contributed by atoms with E-state index >= 15 is 0 Å². The fourth-order valence-electron chi connectivity index (χ4n) is 13.4. The van der Waals surface area contributed by atoms with E-state index in [2.05, 4.69) is 19.2 Å². The molecule has 4 unspecified atom stereocenters. The average molecular weight is 1200 g/mol. The van der Waals surface area contributed by atoms with Crippen LogP contribution in [0.15, 0.2) is 0 Å². The van der Waals surface area contributed by atoms with Gasteiger partial charge in [0.1, 0.15) is 12.2 Å². The van der Waals surface area contributed by atoms with Gasteiger partial charge in [-0.15, -0.1) is 0 Å². The molecule has 0 saturated heterocycles. The molecule has 0 heterocycles. The van der Waals surface area contributed by atoms with Crippen LogP contribution in [-0.4, -0.2) is 57.3 Å². The van der Waals surface area contributed by atoms with Gasteiger partial charge in [-0.25, -0.2) is 0 Å². The number of carbonyl (C=O) groups excluding carboxylic acids is 1. The first-order chi connectivity index (χ1) is 42.0. The number of unbranched alkanes of at least 4 members (excludes halogenated alkanes) is 67. The summed E-state index contributed by atoms with van der Waals surface area (Å²) in [7, 11) is 0. The van der Waals surface area contributed by atoms with Crippen molar-refractivity contribution in [2.45, 2.75) is 494 Å². The normalized spacial score (nSPS) is 13.2. The Balaban J connectivity index is 3.46. The fourth-order valence-corrected chi connectivity index (χ4v) is 13.4. The number of rotatable bonds is 76. The van der Waals surface area contributed by atoms with E-state index in [1.807, 2.05) is 0 Å². The molecule has 1 amide bonds. The molecule has 85 heavy (non-hydrogen) atoms. The van der Waals surface area contributed by atoms with Crippen molar-refractivity contribution in [1.82, 2.24) is 5.32 Å². The third kappa shape index (κ3) is 67.5. The van der Waals surface area contributed by atoms with Gasteiger partial charge in [0.05, 0.1) is 18.8 Å². The number of amides is 1. The summed E-state index contributed by atoms with van der Waals surface area (Å²) in [6, 6.07) is -0.983. The highest BCUT2D eigenvalue weighted by Crippen LogP contribution is 2.21. The van der Waals surface area contributed by atoms with Gasteiger partial charge in [0.25, 0.3) is 0 Å². The lowest BCUT2D eigenvalue weighted by Crippen LogP contribution is -2.53. The lowest BCUT2D eigenvalue weighted by Gasteiger charge is -2.27. The highest BCUT2D eigenvalue weighted by atomic mass is 16.3. The summed E-state index contributed by atoms with van der Waals surface area (Å²) in [5.74, 6) is -0.571. The van der Waals surface area contributed by atoms with Crippen LogP contribution >= 0.6 is 0 Å². The SMILES string of the molecule is CCCCCCCCCCCCCCCCCCCCCCCCCCCCCCCCCCCCCCCCC(O)C(=O)NC(CO)C(O)C(O)CCCCCCCCCCCCCCCCCCCCCCCCCCCCCCCCC. The maximum Gasteiger partial charge on any atom is 0.249 e. The molecule has 0 aromatic rings. The quantitative estimate of drug-likeness (QED) is 0.0390. The van der Waals surface area contributed by atoms with Gasteiger partial charge in [-0.1, -0.05) is 457 Å². The number of aliphatic hydroxyl groups is 4. The summed E-state index contributed by atoms with van der Waals surface area (Å²) in [6.45, 7) is 4.13. The molecule has 4 atom stereocenters. The topological polar surface area (TPSA) is 110 Å². The molecule has 0 radical (unpaired) electrons. The van der Waals surface area contributed by atoms with E-state index in [-0.39, 0.29) is 0 Å². The average Bonchev–Trinajstić information content (AvgIpc) is 3.51. The largest absolute Gasteiger partial charge is 0.394 e. The maximum absolute atomic E-state index is 12.7. The lowest BCUT2D eigenvalue weighted by atomic mass is 9.99. The summed E-state index contributed by atoms with van der Waals surface area (Å²) in [5.41, 5.74) is 0. The van der Waals surface area contributed by atoms with Crippen molar-refractivity contribution in [3.05, 3.63) is 0 Å². The number of aliphatic hydroxyl groups excluding tert-OH is 4. The van der Waals surface area contributed by atoms with Crippen LogP contribution in [0, 0.1) is 0 Å². The molecular formula is C79H159NO5. The Labute approximate surface area is 534 Å². The number of hydrogen-bond donors (Lipinski definition) is 5. The molecule has 0 saturated carbocycles. The second-order valence-corrected chi connectivity index (χ2v) is 28.1. The van der Waals surface area contributed by atoms with Gasteiger partial charge >= 0.3 is 0 Å². The zero-order valence-corrected chi connectivity index (χ0v) is 58.4. The van der Waals surface area contributed by atoms with E-state index in [4.69, 9.17) is 0 Å². The van der Waals surface area contributed by atoms with Crippen molar-refractivity contribution in [2.75, 3.05) is 6.61 Å². The second-order valence-electron chi connectivity index (χ2n) is 28.1. The Bertz CT molecular complexity index is 1220. The van der Waals surface area contributed by atoms with Crippen molar-refractivity contribution in [2.24, 2.45) is 0 Å². The number of hydrogen-bond acceptors (Lipinski definition) is 5. The molecule has 510 valence electrons. The summed E-state index contributed by atoms with van der Waals surface area (Å²) < 4.78 is 0. The predicted molar refractivity (Wildman–Crippen MR) is 376 cm³/mol. The molecule has 0 aliphatic rings. The van der Waals surface area contributed by atoms with Crippen LogP contribution in [-0.2, 0) is 4.79 Å².